The van der Waals surface area contributed by atoms with Gasteiger partial charge in [-0.05, 0) is 51.0 Å². The summed E-state index contributed by atoms with van der Waals surface area (Å²) in [5.41, 5.74) is 1.64. The van der Waals surface area contributed by atoms with Gasteiger partial charge in [0.25, 0.3) is 0 Å². The molecular weight excluding hydrogens is 432 g/mol. The van der Waals surface area contributed by atoms with Gasteiger partial charge in [-0.1, -0.05) is 25.5 Å². The first kappa shape index (κ1) is 27.2. The van der Waals surface area contributed by atoms with E-state index in [1.54, 1.807) is 11.0 Å². The molecule has 1 aromatic heterocycles. The molecule has 34 heavy (non-hydrogen) atoms. The minimum Gasteiger partial charge on any atom is -0.492 e. The van der Waals surface area contributed by atoms with E-state index in [1.807, 2.05) is 66.9 Å². The summed E-state index contributed by atoms with van der Waals surface area (Å²) in [7, 11) is 1.97. The van der Waals surface area contributed by atoms with Gasteiger partial charge >= 0.3 is 6.03 Å². The zero-order chi connectivity index (χ0) is 24.8. The lowest BCUT2D eigenvalue weighted by atomic mass is 10.2. The topological polar surface area (TPSA) is 76.0 Å². The van der Waals surface area contributed by atoms with Crippen molar-refractivity contribution in [1.29, 1.82) is 0 Å². The van der Waals surface area contributed by atoms with Crippen LogP contribution in [0.15, 0.2) is 42.6 Å². The van der Waals surface area contributed by atoms with E-state index >= 15 is 0 Å². The lowest BCUT2D eigenvalue weighted by Gasteiger charge is -2.28. The standard InChI is InChI=1S/C26H40N4O4/c1-5-8-17-29(20-22-13-11-16-28(22)4)25(31)21-30(18-12-19-33-6-2)26(32)27-23-14-9-10-15-24(23)34-7-3/h9-11,13-16H,5-8,12,17-21H2,1-4H3,(H,27,32). The molecule has 8 nitrogen and oxygen atoms in total. The van der Waals surface area contributed by atoms with Crippen molar-refractivity contribution in [1.82, 2.24) is 14.4 Å². The number of anilines is 1. The molecule has 1 N–H and O–H groups in total. The Bertz CT molecular complexity index is 883. The average molecular weight is 473 g/mol. The summed E-state index contributed by atoms with van der Waals surface area (Å²) in [5.74, 6) is 0.534. The molecule has 0 saturated heterocycles. The van der Waals surface area contributed by atoms with Crippen LogP contribution in [0, 0.1) is 0 Å². The van der Waals surface area contributed by atoms with Crippen LogP contribution in [-0.2, 0) is 23.1 Å². The zero-order valence-corrected chi connectivity index (χ0v) is 21.1. The van der Waals surface area contributed by atoms with E-state index in [4.69, 9.17) is 9.47 Å². The molecule has 0 unspecified atom stereocenters. The number of ether oxygens (including phenoxy) is 2. The number of para-hydroxylation sites is 2. The number of hydrogen-bond acceptors (Lipinski definition) is 4. The lowest BCUT2D eigenvalue weighted by Crippen LogP contribution is -2.45. The molecule has 0 saturated carbocycles. The molecule has 188 valence electrons. The normalized spacial score (nSPS) is 10.7. The summed E-state index contributed by atoms with van der Waals surface area (Å²) in [6.45, 7) is 9.18. The minimum absolute atomic E-state index is 0.00287. The Morgan fingerprint density at radius 2 is 1.74 bits per heavy atom. The number of benzene rings is 1. The van der Waals surface area contributed by atoms with E-state index in [0.717, 1.165) is 18.5 Å². The number of hydrogen-bond donors (Lipinski definition) is 1. The monoisotopic (exact) mass is 472 g/mol. The number of aryl methyl sites for hydroxylation is 1. The number of aromatic nitrogens is 1. The number of carbonyl (C=O) groups excluding carboxylic acids is 2. The fourth-order valence-corrected chi connectivity index (χ4v) is 3.56. The number of unbranched alkanes of at least 4 members (excludes halogenated alkanes) is 1. The van der Waals surface area contributed by atoms with Crippen LogP contribution < -0.4 is 10.1 Å². The van der Waals surface area contributed by atoms with Crippen molar-refractivity contribution in [2.45, 2.75) is 46.6 Å². The van der Waals surface area contributed by atoms with Crippen molar-refractivity contribution in [3.05, 3.63) is 48.3 Å². The Labute approximate surface area is 203 Å². The Kier molecular flexibility index (Phi) is 12.0. The first-order chi connectivity index (χ1) is 16.5. The predicted molar refractivity (Wildman–Crippen MR) is 135 cm³/mol. The van der Waals surface area contributed by atoms with Crippen molar-refractivity contribution in [3.63, 3.8) is 0 Å². The van der Waals surface area contributed by atoms with Crippen molar-refractivity contribution >= 4 is 17.6 Å². The molecular formula is C26H40N4O4. The summed E-state index contributed by atoms with van der Waals surface area (Å²) in [5, 5.41) is 2.92. The van der Waals surface area contributed by atoms with Gasteiger partial charge in [0, 0.05) is 45.2 Å². The number of nitrogens with zero attached hydrogens (tertiary/aromatic N) is 3. The van der Waals surface area contributed by atoms with Gasteiger partial charge in [0.1, 0.15) is 12.3 Å². The highest BCUT2D eigenvalue weighted by molar-refractivity contribution is 5.93. The average Bonchev–Trinajstić information content (AvgIpc) is 3.24. The maximum absolute atomic E-state index is 13.4. The molecule has 2 rings (SSSR count). The van der Waals surface area contributed by atoms with Crippen LogP contribution in [0.5, 0.6) is 5.75 Å². The number of urea groups is 1. The van der Waals surface area contributed by atoms with Crippen molar-refractivity contribution in [2.24, 2.45) is 7.05 Å². The molecule has 0 aliphatic carbocycles. The molecule has 0 aliphatic rings. The smallest absolute Gasteiger partial charge is 0.322 e. The molecule has 0 fully saturated rings. The van der Waals surface area contributed by atoms with Gasteiger partial charge in [-0.25, -0.2) is 4.79 Å². The SMILES string of the molecule is CCCCN(Cc1cccn1C)C(=O)CN(CCCOCC)C(=O)Nc1ccccc1OCC. The highest BCUT2D eigenvalue weighted by Gasteiger charge is 2.22. The van der Waals surface area contributed by atoms with Crippen molar-refractivity contribution in [2.75, 3.05) is 44.8 Å². The molecule has 0 atom stereocenters. The maximum atomic E-state index is 13.4. The third kappa shape index (κ3) is 8.74. The fraction of sp³-hybridized carbons (Fsp3) is 0.538. The van der Waals surface area contributed by atoms with Gasteiger partial charge in [-0.15, -0.1) is 0 Å². The van der Waals surface area contributed by atoms with Gasteiger partial charge in [0.15, 0.2) is 0 Å². The van der Waals surface area contributed by atoms with Crippen LogP contribution in [0.2, 0.25) is 0 Å². The third-order valence-corrected chi connectivity index (χ3v) is 5.50. The minimum atomic E-state index is -0.327. The van der Waals surface area contributed by atoms with Gasteiger partial charge in [0.2, 0.25) is 5.91 Å². The van der Waals surface area contributed by atoms with Crippen LogP contribution >= 0.6 is 0 Å². The summed E-state index contributed by atoms with van der Waals surface area (Å²) in [6, 6.07) is 11.0. The molecule has 0 aliphatic heterocycles. The zero-order valence-electron chi connectivity index (χ0n) is 21.1. The highest BCUT2D eigenvalue weighted by Crippen LogP contribution is 2.24. The molecule has 2 aromatic rings. The fourth-order valence-electron chi connectivity index (χ4n) is 3.56. The maximum Gasteiger partial charge on any atom is 0.322 e. The number of amides is 3. The Hall–Kier alpha value is -3.00. The summed E-state index contributed by atoms with van der Waals surface area (Å²) >= 11 is 0. The van der Waals surface area contributed by atoms with E-state index in [0.29, 0.717) is 57.3 Å². The van der Waals surface area contributed by atoms with Gasteiger partial charge in [0.05, 0.1) is 18.8 Å². The van der Waals surface area contributed by atoms with E-state index in [1.165, 1.54) is 0 Å². The second-order valence-corrected chi connectivity index (χ2v) is 8.11. The molecule has 8 heteroatoms. The van der Waals surface area contributed by atoms with Crippen LogP contribution in [0.3, 0.4) is 0 Å². The van der Waals surface area contributed by atoms with Gasteiger partial charge < -0.3 is 29.2 Å². The Morgan fingerprint density at radius 3 is 2.41 bits per heavy atom. The largest absolute Gasteiger partial charge is 0.492 e. The number of carbonyl (C=O) groups is 2. The first-order valence-electron chi connectivity index (χ1n) is 12.2. The van der Waals surface area contributed by atoms with Crippen molar-refractivity contribution in [3.8, 4) is 5.75 Å². The second kappa shape index (κ2) is 15.0. The summed E-state index contributed by atoms with van der Waals surface area (Å²) < 4.78 is 13.1. The van der Waals surface area contributed by atoms with Crippen LogP contribution in [0.25, 0.3) is 0 Å². The molecule has 0 bridgehead atoms. The van der Waals surface area contributed by atoms with Crippen LogP contribution in [-0.4, -0.2) is 65.8 Å². The molecule has 0 spiro atoms. The molecule has 1 aromatic carbocycles. The highest BCUT2D eigenvalue weighted by atomic mass is 16.5. The predicted octanol–water partition coefficient (Wildman–Crippen LogP) is 4.51. The van der Waals surface area contributed by atoms with Gasteiger partial charge in [-0.3, -0.25) is 4.79 Å². The number of rotatable bonds is 15. The molecule has 1 heterocycles. The van der Waals surface area contributed by atoms with Crippen molar-refractivity contribution < 1.29 is 19.1 Å². The summed E-state index contributed by atoms with van der Waals surface area (Å²) in [6.07, 6.45) is 4.52. The molecule has 0 radical (unpaired) electrons. The quantitative estimate of drug-likeness (QED) is 0.387. The summed E-state index contributed by atoms with van der Waals surface area (Å²) in [4.78, 5) is 30.0. The van der Waals surface area contributed by atoms with E-state index in [9.17, 15) is 9.59 Å². The Balaban J connectivity index is 2.14. The van der Waals surface area contributed by atoms with E-state index in [-0.39, 0.29) is 18.5 Å². The van der Waals surface area contributed by atoms with Crippen LogP contribution in [0.1, 0.15) is 45.7 Å². The molecule has 3 amide bonds. The number of nitrogens with one attached hydrogen (secondary N) is 1. The van der Waals surface area contributed by atoms with Gasteiger partial charge in [-0.2, -0.15) is 0 Å². The van der Waals surface area contributed by atoms with E-state index < -0.39 is 0 Å². The first-order valence-corrected chi connectivity index (χ1v) is 12.2. The second-order valence-electron chi connectivity index (χ2n) is 8.11. The third-order valence-electron chi connectivity index (χ3n) is 5.50. The Morgan fingerprint density at radius 1 is 0.971 bits per heavy atom. The van der Waals surface area contributed by atoms with E-state index in [2.05, 4.69) is 12.2 Å². The van der Waals surface area contributed by atoms with Crippen LogP contribution in [0.4, 0.5) is 10.5 Å². The lowest BCUT2D eigenvalue weighted by molar-refractivity contribution is -0.132.